The van der Waals surface area contributed by atoms with Gasteiger partial charge < -0.3 is 20.8 Å². The van der Waals surface area contributed by atoms with Crippen LogP contribution in [0.4, 0.5) is 5.69 Å². The molecule has 0 radical (unpaired) electrons. The number of likely N-dealkylation sites (N-methyl/N-ethyl adjacent to an activating group) is 1. The number of aromatic hydroxyl groups is 1. The molecule has 3 aliphatic carbocycles. The van der Waals surface area contributed by atoms with Crippen molar-refractivity contribution < 1.29 is 34.2 Å². The number of nitrogens with two attached hydrogens (primary N) is 1. The molecule has 4 aliphatic rings. The van der Waals surface area contributed by atoms with E-state index in [0.29, 0.717) is 12.1 Å². The minimum absolute atomic E-state index is 0.0284. The first kappa shape index (κ1) is 31.3. The highest BCUT2D eigenvalue weighted by atomic mass is 16.3. The summed E-state index contributed by atoms with van der Waals surface area (Å²) in [4.78, 5) is 72.9. The lowest BCUT2D eigenvalue weighted by molar-refractivity contribution is -0.181. The van der Waals surface area contributed by atoms with Crippen LogP contribution in [0.1, 0.15) is 60.5 Å². The number of phenolic OH excluding ortho intramolecular Hbond substituents is 1. The number of benzene rings is 1. The summed E-state index contributed by atoms with van der Waals surface area (Å²) in [6.07, 6.45) is 4.93. The molecule has 43 heavy (non-hydrogen) atoms. The lowest BCUT2D eigenvalue weighted by Crippen LogP contribution is -2.74. The van der Waals surface area contributed by atoms with Gasteiger partial charge in [-0.2, -0.15) is 0 Å². The Hall–Kier alpha value is -3.15. The first-order valence-electron chi connectivity index (χ1n) is 15.4. The second-order valence-electron chi connectivity index (χ2n) is 13.4. The maximum atomic E-state index is 14.1. The van der Waals surface area contributed by atoms with E-state index in [1.807, 2.05) is 19.0 Å². The molecule has 11 nitrogen and oxygen atoms in total. The van der Waals surface area contributed by atoms with E-state index in [9.17, 15) is 34.2 Å². The topological polar surface area (TPSA) is 162 Å². The van der Waals surface area contributed by atoms with Gasteiger partial charge in [0.05, 0.1) is 17.5 Å². The van der Waals surface area contributed by atoms with Gasteiger partial charge in [-0.05, 0) is 81.9 Å². The lowest BCUT2D eigenvalue weighted by atomic mass is 9.52. The quantitative estimate of drug-likeness (QED) is 0.387. The van der Waals surface area contributed by atoms with Crippen molar-refractivity contribution >= 4 is 34.7 Å². The predicted octanol–water partition coefficient (Wildman–Crippen LogP) is 0.945. The van der Waals surface area contributed by atoms with Crippen molar-refractivity contribution in [3.05, 3.63) is 22.8 Å². The number of phenols is 1. The summed E-state index contributed by atoms with van der Waals surface area (Å²) in [5.41, 5.74) is 5.04. The normalized spacial score (nSPS) is 31.6. The minimum atomic E-state index is -2.72. The third kappa shape index (κ3) is 4.89. The molecule has 11 heteroatoms. The lowest BCUT2D eigenvalue weighted by Gasteiger charge is -2.52. The Morgan fingerprint density at radius 1 is 1.09 bits per heavy atom. The van der Waals surface area contributed by atoms with Gasteiger partial charge in [0.1, 0.15) is 5.75 Å². The number of Topliss-reactive ketones (excluding diaryl/α,β-unsaturated/α-hetero) is 4. The van der Waals surface area contributed by atoms with Crippen LogP contribution in [0.5, 0.6) is 5.75 Å². The van der Waals surface area contributed by atoms with E-state index >= 15 is 0 Å². The summed E-state index contributed by atoms with van der Waals surface area (Å²) in [5, 5.41) is 23.0. The molecule has 5 rings (SSSR count). The molecule has 1 aromatic carbocycles. The van der Waals surface area contributed by atoms with Crippen LogP contribution in [-0.4, -0.2) is 102 Å². The number of ketones is 4. The molecule has 234 valence electrons. The van der Waals surface area contributed by atoms with Crippen molar-refractivity contribution in [1.82, 2.24) is 9.80 Å². The molecule has 1 aromatic rings. The first-order chi connectivity index (χ1) is 20.2. The number of nitrogens with zero attached hydrogens (tertiary/aromatic N) is 3. The number of carbonyl (C=O) groups excluding carboxylic acids is 5. The fraction of sp³-hybridized carbons (Fsp3) is 0.656. The van der Waals surface area contributed by atoms with E-state index in [4.69, 9.17) is 5.73 Å². The summed E-state index contributed by atoms with van der Waals surface area (Å²) in [7, 11) is 6.92. The van der Waals surface area contributed by atoms with E-state index in [1.165, 1.54) is 17.7 Å². The molecule has 3 fully saturated rings. The highest BCUT2D eigenvalue weighted by Crippen LogP contribution is 2.52. The highest BCUT2D eigenvalue weighted by Gasteiger charge is 2.69. The van der Waals surface area contributed by atoms with Gasteiger partial charge >= 0.3 is 0 Å². The van der Waals surface area contributed by atoms with Crippen molar-refractivity contribution in [2.24, 2.45) is 35.3 Å². The van der Waals surface area contributed by atoms with Crippen LogP contribution >= 0.6 is 0 Å². The third-order valence-corrected chi connectivity index (χ3v) is 10.4. The Morgan fingerprint density at radius 2 is 1.74 bits per heavy atom. The van der Waals surface area contributed by atoms with E-state index in [1.54, 1.807) is 20.2 Å². The third-order valence-electron chi connectivity index (χ3n) is 10.4. The van der Waals surface area contributed by atoms with Crippen LogP contribution in [0.15, 0.2) is 6.07 Å². The minimum Gasteiger partial charge on any atom is -0.507 e. The number of carbonyl (C=O) groups is 5. The fourth-order valence-corrected chi connectivity index (χ4v) is 8.49. The summed E-state index contributed by atoms with van der Waals surface area (Å²) in [6.45, 7) is 4.72. The van der Waals surface area contributed by atoms with Crippen LogP contribution in [0.25, 0.3) is 0 Å². The number of piperidine rings is 1. The van der Waals surface area contributed by atoms with E-state index in [2.05, 4.69) is 11.8 Å². The monoisotopic (exact) mass is 596 g/mol. The zero-order valence-electron chi connectivity index (χ0n) is 25.8. The van der Waals surface area contributed by atoms with Crippen molar-refractivity contribution in [1.29, 1.82) is 0 Å². The van der Waals surface area contributed by atoms with Gasteiger partial charge in [0.15, 0.2) is 34.7 Å². The maximum absolute atomic E-state index is 14.1. The predicted molar refractivity (Wildman–Crippen MR) is 159 cm³/mol. The smallest absolute Gasteiger partial charge is 0.235 e. The molecule has 1 heterocycles. The van der Waals surface area contributed by atoms with Gasteiger partial charge in [-0.1, -0.05) is 19.8 Å². The van der Waals surface area contributed by atoms with E-state index in [-0.39, 0.29) is 24.2 Å². The molecule has 0 spiro atoms. The van der Waals surface area contributed by atoms with Gasteiger partial charge in [-0.3, -0.25) is 33.8 Å². The Kier molecular flexibility index (Phi) is 8.30. The Labute approximate surface area is 252 Å². The van der Waals surface area contributed by atoms with Gasteiger partial charge in [0, 0.05) is 32.2 Å². The largest absolute Gasteiger partial charge is 0.507 e. The molecule has 1 aliphatic heterocycles. The number of aliphatic hydroxyl groups is 1. The van der Waals surface area contributed by atoms with E-state index < -0.39 is 64.4 Å². The zero-order valence-corrected chi connectivity index (χ0v) is 25.8. The molecule has 2 saturated carbocycles. The number of primary amides is 1. The summed E-state index contributed by atoms with van der Waals surface area (Å²) < 4.78 is 0. The maximum Gasteiger partial charge on any atom is 0.235 e. The average Bonchev–Trinajstić information content (AvgIpc) is 2.91. The molecular weight excluding hydrogens is 552 g/mol. The average molecular weight is 597 g/mol. The van der Waals surface area contributed by atoms with Gasteiger partial charge in [0.25, 0.3) is 0 Å². The zero-order chi connectivity index (χ0) is 31.5. The van der Waals surface area contributed by atoms with Gasteiger partial charge in [-0.15, -0.1) is 0 Å². The Balaban J connectivity index is 1.54. The summed E-state index contributed by atoms with van der Waals surface area (Å²) >= 11 is 0. The molecule has 6 atom stereocenters. The number of fused-ring (bicyclic) bond motifs is 3. The van der Waals surface area contributed by atoms with Crippen LogP contribution in [0.3, 0.4) is 0 Å². The Morgan fingerprint density at radius 3 is 2.30 bits per heavy atom. The number of rotatable bonds is 7. The number of anilines is 1. The van der Waals surface area contributed by atoms with Gasteiger partial charge in [-0.25, -0.2) is 0 Å². The van der Waals surface area contributed by atoms with Crippen molar-refractivity contribution in [3.8, 4) is 5.75 Å². The van der Waals surface area contributed by atoms with Crippen LogP contribution in [0.2, 0.25) is 0 Å². The molecule has 1 amide bonds. The summed E-state index contributed by atoms with van der Waals surface area (Å²) in [5.74, 6) is -9.56. The molecule has 2 unspecified atom stereocenters. The van der Waals surface area contributed by atoms with Gasteiger partial charge in [0.2, 0.25) is 5.91 Å². The first-order valence-corrected chi connectivity index (χ1v) is 15.4. The SMILES string of the molecule is CCCC1CCN(Cc2cc(O)c3c(c2N(C)C)C[C@H]2C[C@H]4[C@H](N(C)C)C(=O)C(C(N)=O)C(=O)[C@@]4(O)C(=O)C2C3=O)CC1. The number of likely N-dealkylation sites (tertiary alicyclic amines) is 1. The van der Waals surface area contributed by atoms with Crippen molar-refractivity contribution in [2.75, 3.05) is 46.2 Å². The van der Waals surface area contributed by atoms with Crippen molar-refractivity contribution in [3.63, 3.8) is 0 Å². The molecular formula is C32H44N4O7. The fourth-order valence-electron chi connectivity index (χ4n) is 8.49. The van der Waals surface area contributed by atoms with Crippen LogP contribution < -0.4 is 10.6 Å². The molecule has 0 bridgehead atoms. The Bertz CT molecular complexity index is 1370. The second kappa shape index (κ2) is 11.4. The van der Waals surface area contributed by atoms with Crippen LogP contribution in [0, 0.1) is 29.6 Å². The number of amides is 1. The second-order valence-corrected chi connectivity index (χ2v) is 13.4. The standard InChI is InChI=1S/C32H44N4O7/c1-6-7-16-8-10-36(11-9-16)15-18-14-21(37)23-19(25(18)34(2)3)12-17-13-20-26(35(4)5)28(39)24(31(33)42)30(41)32(20,43)29(40)22(17)27(23)38/h14,16-17,20,22,24,26,37,43H,6-13,15H2,1-5H3,(H2,33,42)/t17-,20-,22?,24?,26-,32-/m0/s1. The van der Waals surface area contributed by atoms with Crippen LogP contribution in [-0.2, 0) is 32.1 Å². The molecule has 4 N–H and O–H groups in total. The van der Waals surface area contributed by atoms with E-state index in [0.717, 1.165) is 43.1 Å². The number of hydrogen-bond acceptors (Lipinski definition) is 10. The molecule has 0 aromatic heterocycles. The molecule has 1 saturated heterocycles. The van der Waals surface area contributed by atoms with Crippen molar-refractivity contribution in [2.45, 2.75) is 63.6 Å². The highest BCUT2D eigenvalue weighted by molar-refractivity contribution is 6.32. The summed E-state index contributed by atoms with van der Waals surface area (Å²) in [6, 6.07) is 0.482. The number of hydrogen-bond donors (Lipinski definition) is 3.